The number of carbonyl (C=O) groups excluding carboxylic acids is 8. The molecule has 1 aliphatic carbocycles. The molecule has 5 rings (SSSR count). The fourth-order valence-corrected chi connectivity index (χ4v) is 12.8. The fourth-order valence-electron chi connectivity index (χ4n) is 9.82. The van der Waals surface area contributed by atoms with Gasteiger partial charge in [0.25, 0.3) is 0 Å². The lowest BCUT2D eigenvalue weighted by molar-refractivity contribution is -0.141. The Morgan fingerprint density at radius 2 is 1.38 bits per heavy atom. The lowest BCUT2D eigenvalue weighted by atomic mass is 9.85. The van der Waals surface area contributed by atoms with Crippen molar-refractivity contribution in [2.24, 2.45) is 17.4 Å². The number of hydrogen-bond acceptors (Lipinski definition) is 12. The van der Waals surface area contributed by atoms with Gasteiger partial charge in [-0.15, -0.1) is 23.5 Å². The van der Waals surface area contributed by atoms with Gasteiger partial charge in [-0.3, -0.25) is 38.4 Å². The van der Waals surface area contributed by atoms with Gasteiger partial charge in [0, 0.05) is 47.9 Å². The van der Waals surface area contributed by atoms with E-state index < -0.39 is 88.8 Å². The van der Waals surface area contributed by atoms with E-state index in [4.69, 9.17) is 16.2 Å². The molecule has 0 radical (unpaired) electrons. The Kier molecular flexibility index (Phi) is 24.8. The van der Waals surface area contributed by atoms with Gasteiger partial charge < -0.3 is 53.0 Å². The normalized spacial score (nSPS) is 23.6. The Morgan fingerprint density at radius 1 is 0.757 bits per heavy atom. The first kappa shape index (κ1) is 59.5. The van der Waals surface area contributed by atoms with Gasteiger partial charge in [-0.25, -0.2) is 0 Å². The summed E-state index contributed by atoms with van der Waals surface area (Å²) in [5, 5.41) is 17.6. The van der Waals surface area contributed by atoms with Crippen LogP contribution >= 0.6 is 23.5 Å². The number of nitrogens with two attached hydrogens (primary N) is 2. The summed E-state index contributed by atoms with van der Waals surface area (Å²) in [5.74, 6) is -4.75. The van der Waals surface area contributed by atoms with Gasteiger partial charge in [-0.1, -0.05) is 101 Å². The van der Waals surface area contributed by atoms with Crippen LogP contribution in [0.15, 0.2) is 54.6 Å². The summed E-state index contributed by atoms with van der Waals surface area (Å²) in [6, 6.07) is 9.24. The number of carbonyl (C=O) groups is 8. The van der Waals surface area contributed by atoms with Crippen LogP contribution in [0.1, 0.15) is 128 Å². The fraction of sp³-hybridized carbons (Fsp3) is 0.630. The summed E-state index contributed by atoms with van der Waals surface area (Å²) in [5.41, 5.74) is 12.7. The van der Waals surface area contributed by atoms with Gasteiger partial charge in [0.15, 0.2) is 0 Å². The molecule has 1 spiro atoms. The zero-order chi connectivity index (χ0) is 53.5. The van der Waals surface area contributed by atoms with Crippen molar-refractivity contribution >= 4 is 70.8 Å². The summed E-state index contributed by atoms with van der Waals surface area (Å²) in [6.45, 7) is 7.18. The molecule has 2 aromatic rings. The number of rotatable bonds is 19. The maximum Gasteiger partial charge on any atom is 0.246 e. The molecule has 8 amide bonds. The van der Waals surface area contributed by atoms with Crippen LogP contribution < -0.4 is 48.1 Å². The van der Waals surface area contributed by atoms with Gasteiger partial charge in [-0.2, -0.15) is 0 Å². The minimum Gasteiger partial charge on any atom is -0.494 e. The average molecular weight is 1060 g/mol. The second-order valence-corrected chi connectivity index (χ2v) is 23.0. The number of ether oxygens (including phenoxy) is 1. The van der Waals surface area contributed by atoms with Crippen molar-refractivity contribution in [3.63, 3.8) is 0 Å². The maximum atomic E-state index is 14.7. The highest BCUT2D eigenvalue weighted by Gasteiger charge is 2.41. The second-order valence-electron chi connectivity index (χ2n) is 20.1. The Bertz CT molecular complexity index is 2160. The molecule has 1 saturated carbocycles. The van der Waals surface area contributed by atoms with Gasteiger partial charge in [-0.05, 0) is 81.2 Å². The summed E-state index contributed by atoms with van der Waals surface area (Å²) >= 11 is 3.00. The van der Waals surface area contributed by atoms with Crippen molar-refractivity contribution in [3.8, 4) is 5.75 Å². The number of primary amides is 1. The molecule has 2 saturated heterocycles. The van der Waals surface area contributed by atoms with Crippen molar-refractivity contribution in [1.82, 2.24) is 36.8 Å². The summed E-state index contributed by atoms with van der Waals surface area (Å²) < 4.78 is 5.15. The lowest BCUT2D eigenvalue weighted by Crippen LogP contribution is -2.61. The molecule has 20 heteroatoms. The number of thioether (sulfide) groups is 2. The predicted molar refractivity (Wildman–Crippen MR) is 290 cm³/mol. The molecule has 3 aliphatic rings. The third-order valence-electron chi connectivity index (χ3n) is 13.9. The van der Waals surface area contributed by atoms with Crippen LogP contribution in [0.25, 0.3) is 0 Å². The van der Waals surface area contributed by atoms with Crippen LogP contribution in [0.4, 0.5) is 0 Å². The number of likely N-dealkylation sites (tertiary alicyclic amines) is 1. The average Bonchev–Trinajstić information content (AvgIpc) is 3.87. The highest BCUT2D eigenvalue weighted by atomic mass is 32.2. The molecule has 18 nitrogen and oxygen atoms in total. The molecule has 0 aromatic heterocycles. The third kappa shape index (κ3) is 19.1. The predicted octanol–water partition coefficient (Wildman–Crippen LogP) is 3.76. The minimum absolute atomic E-state index is 0.0314. The van der Waals surface area contributed by atoms with Crippen molar-refractivity contribution in [2.75, 3.05) is 37.1 Å². The first-order valence-corrected chi connectivity index (χ1v) is 28.8. The first-order valence-electron chi connectivity index (χ1n) is 26.7. The summed E-state index contributed by atoms with van der Waals surface area (Å²) in [6.07, 6.45) is 10.9. The van der Waals surface area contributed by atoms with E-state index in [0.29, 0.717) is 55.5 Å². The molecule has 1 unspecified atom stereocenters. The number of unbranched alkanes of at least 4 members (excludes halogenated alkanes) is 5. The molecule has 2 aromatic carbocycles. The summed E-state index contributed by atoms with van der Waals surface area (Å²) in [4.78, 5) is 115. The molecule has 0 bridgehead atoms. The standard InChI is InChI=1S/C54H81N9O9S2/c1-4-72-39-23-21-38(22-24-39)31-40-48(66)59-41(30-37-18-11-9-12-19-37)50(68)62-47(36(2)3)52(70)60-42(32-45(56)64)49(67)61-43(34-73-35-74-54(33-46(65)58-40)25-13-10-14-26-54)53(71)63-29-17-20-44(63)51(69)57-28-16-8-6-5-7-15-27-55/h9,11-12,18-19,21-24,36,40-44,47H,4-8,10,13-17,20,25-35,55H2,1-3H3,(H2,56,64)(H,57,69)(H,58,65)(H,59,66)(H,60,70)(H,61,67)(H,62,68)/t40-,41-,42-,43-,44?,47+/m1/s1. The molecule has 10 N–H and O–H groups in total. The molecule has 2 aliphatic heterocycles. The topological polar surface area (TPSA) is 273 Å². The van der Waals surface area contributed by atoms with Gasteiger partial charge >= 0.3 is 0 Å². The van der Waals surface area contributed by atoms with Crippen LogP contribution in [0.5, 0.6) is 5.75 Å². The summed E-state index contributed by atoms with van der Waals surface area (Å²) in [7, 11) is 0. The third-order valence-corrected chi connectivity index (χ3v) is 16.8. The maximum absolute atomic E-state index is 14.7. The van der Waals surface area contributed by atoms with E-state index in [-0.39, 0.29) is 36.8 Å². The number of nitrogens with zero attached hydrogens (tertiary/aromatic N) is 1. The van der Waals surface area contributed by atoms with E-state index in [1.54, 1.807) is 49.9 Å². The van der Waals surface area contributed by atoms with Gasteiger partial charge in [0.05, 0.1) is 13.0 Å². The number of hydrogen-bond donors (Lipinski definition) is 8. The van der Waals surface area contributed by atoms with Crippen molar-refractivity contribution < 1.29 is 43.1 Å². The molecule has 3 fully saturated rings. The molecule has 2 heterocycles. The largest absolute Gasteiger partial charge is 0.494 e. The van der Waals surface area contributed by atoms with E-state index >= 15 is 0 Å². The second kappa shape index (κ2) is 30.9. The number of benzene rings is 2. The van der Waals surface area contributed by atoms with Crippen LogP contribution in [-0.4, -0.2) is 130 Å². The molecule has 408 valence electrons. The zero-order valence-corrected chi connectivity index (χ0v) is 45.2. The van der Waals surface area contributed by atoms with E-state index in [2.05, 4.69) is 31.9 Å². The highest BCUT2D eigenvalue weighted by Crippen LogP contribution is 2.44. The Hall–Kier alpha value is -5.34. The highest BCUT2D eigenvalue weighted by molar-refractivity contribution is 8.16. The van der Waals surface area contributed by atoms with Crippen LogP contribution in [0, 0.1) is 5.92 Å². The first-order chi connectivity index (χ1) is 35.6. The van der Waals surface area contributed by atoms with Crippen LogP contribution in [0.2, 0.25) is 0 Å². The van der Waals surface area contributed by atoms with Crippen molar-refractivity contribution in [3.05, 3.63) is 65.7 Å². The van der Waals surface area contributed by atoms with Gasteiger partial charge in [0.1, 0.15) is 42.0 Å². The molecule has 6 atom stereocenters. The smallest absolute Gasteiger partial charge is 0.246 e. The lowest BCUT2D eigenvalue weighted by Gasteiger charge is -2.37. The van der Waals surface area contributed by atoms with E-state index in [1.807, 2.05) is 37.3 Å². The van der Waals surface area contributed by atoms with Gasteiger partial charge in [0.2, 0.25) is 47.3 Å². The quantitative estimate of drug-likeness (QED) is 0.0935. The Balaban J connectivity index is 1.46. The van der Waals surface area contributed by atoms with Crippen LogP contribution in [0.3, 0.4) is 0 Å². The molecular weight excluding hydrogens is 983 g/mol. The van der Waals surface area contributed by atoms with Crippen molar-refractivity contribution in [2.45, 2.75) is 171 Å². The molecule has 74 heavy (non-hydrogen) atoms. The number of nitrogens with one attached hydrogen (secondary N) is 6. The van der Waals surface area contributed by atoms with Crippen LogP contribution in [-0.2, 0) is 51.2 Å². The minimum atomic E-state index is -1.54. The van der Waals surface area contributed by atoms with E-state index in [0.717, 1.165) is 76.2 Å². The number of amides is 8. The van der Waals surface area contributed by atoms with E-state index in [9.17, 15) is 38.4 Å². The molecular formula is C54H81N9O9S2. The zero-order valence-electron chi connectivity index (χ0n) is 43.6. The Labute approximate surface area is 445 Å². The monoisotopic (exact) mass is 1060 g/mol. The Morgan fingerprint density at radius 3 is 2.04 bits per heavy atom. The van der Waals surface area contributed by atoms with Crippen molar-refractivity contribution in [1.29, 1.82) is 0 Å². The van der Waals surface area contributed by atoms with E-state index in [1.165, 1.54) is 16.7 Å². The SMILES string of the molecule is CCOc1ccc(C[C@H]2NC(=O)CC3(CCCCC3)SCSC[C@H](C(=O)N3CCCC3C(=O)NCCCCCCCCN)NC(=O)[C@@H](CC(N)=O)NC(=O)[C@H](C(C)C)NC(=O)[C@@H](Cc3ccccc3)NC2=O)cc1.